The van der Waals surface area contributed by atoms with Gasteiger partial charge in [-0.1, -0.05) is 36.4 Å². The molecule has 0 aliphatic rings. The molecule has 0 heterocycles. The maximum absolute atomic E-state index is 12.0. The van der Waals surface area contributed by atoms with Crippen molar-refractivity contribution in [2.45, 2.75) is 6.18 Å². The molecule has 0 saturated carbocycles. The van der Waals surface area contributed by atoms with Gasteiger partial charge in [0.05, 0.1) is 6.61 Å². The Morgan fingerprint density at radius 3 is 2.25 bits per heavy atom. The summed E-state index contributed by atoms with van der Waals surface area (Å²) in [5.41, 5.74) is 0.224. The highest BCUT2D eigenvalue weighted by atomic mass is 19.4. The molecular formula is C11H9F3O2. The number of rotatable bonds is 3. The first kappa shape index (κ1) is 12.4. The quantitative estimate of drug-likeness (QED) is 0.810. The van der Waals surface area contributed by atoms with Gasteiger partial charge in [-0.15, -0.1) is 0 Å². The molecule has 0 saturated heterocycles. The van der Waals surface area contributed by atoms with Crippen molar-refractivity contribution in [2.75, 3.05) is 6.61 Å². The molecule has 0 radical (unpaired) electrons. The lowest BCUT2D eigenvalue weighted by atomic mass is 10.1. The number of carbonyl (C=O) groups is 1. The van der Waals surface area contributed by atoms with Crippen LogP contribution in [0.3, 0.4) is 0 Å². The minimum atomic E-state index is -4.84. The summed E-state index contributed by atoms with van der Waals surface area (Å²) in [5, 5.41) is 8.49. The molecule has 0 atom stereocenters. The molecule has 16 heavy (non-hydrogen) atoms. The van der Waals surface area contributed by atoms with Crippen molar-refractivity contribution in [2.24, 2.45) is 0 Å². The molecule has 0 aliphatic carbocycles. The van der Waals surface area contributed by atoms with Crippen LogP contribution in [0.15, 0.2) is 30.3 Å². The molecule has 1 aromatic rings. The van der Waals surface area contributed by atoms with Gasteiger partial charge in [0.1, 0.15) is 0 Å². The summed E-state index contributed by atoms with van der Waals surface area (Å²) in [6, 6.07) is 4.97. The van der Waals surface area contributed by atoms with Crippen molar-refractivity contribution in [3.05, 3.63) is 41.5 Å². The van der Waals surface area contributed by atoms with Crippen LogP contribution in [0.25, 0.3) is 6.08 Å². The lowest BCUT2D eigenvalue weighted by molar-refractivity contribution is -0.0885. The van der Waals surface area contributed by atoms with Crippen LogP contribution >= 0.6 is 0 Å². The molecule has 1 N–H and O–H groups in total. The summed E-state index contributed by atoms with van der Waals surface area (Å²) >= 11 is 0. The Hall–Kier alpha value is -1.62. The number of alkyl halides is 3. The van der Waals surface area contributed by atoms with E-state index in [9.17, 15) is 18.0 Å². The van der Waals surface area contributed by atoms with Crippen molar-refractivity contribution in [1.82, 2.24) is 0 Å². The summed E-state index contributed by atoms with van der Waals surface area (Å²) in [7, 11) is 0. The number of benzene rings is 1. The molecule has 0 aliphatic heterocycles. The van der Waals surface area contributed by atoms with Gasteiger partial charge in [0.15, 0.2) is 0 Å². The summed E-state index contributed by atoms with van der Waals surface area (Å²) in [4.78, 5) is 10.8. The van der Waals surface area contributed by atoms with E-state index in [1.165, 1.54) is 18.2 Å². The van der Waals surface area contributed by atoms with Gasteiger partial charge < -0.3 is 5.11 Å². The number of hydrogen-bond donors (Lipinski definition) is 1. The molecule has 0 amide bonds. The van der Waals surface area contributed by atoms with E-state index in [-0.39, 0.29) is 6.61 Å². The number of ketones is 1. The Kier molecular flexibility index (Phi) is 3.84. The number of aliphatic hydroxyl groups is 1. The topological polar surface area (TPSA) is 37.3 Å². The molecular weight excluding hydrogens is 221 g/mol. The van der Waals surface area contributed by atoms with Gasteiger partial charge >= 0.3 is 6.18 Å². The lowest BCUT2D eigenvalue weighted by Gasteiger charge is -2.04. The number of carbonyl (C=O) groups excluding carboxylic acids is 1. The molecule has 0 unspecified atom stereocenters. The Labute approximate surface area is 90.0 Å². The van der Waals surface area contributed by atoms with Gasteiger partial charge in [-0.3, -0.25) is 4.79 Å². The van der Waals surface area contributed by atoms with Crippen LogP contribution in [-0.2, 0) is 0 Å². The summed E-state index contributed by atoms with van der Waals surface area (Å²) in [6.07, 6.45) is -1.86. The van der Waals surface area contributed by atoms with Crippen LogP contribution in [0, 0.1) is 0 Å². The first-order chi connectivity index (χ1) is 7.45. The molecule has 0 spiro atoms. The largest absolute Gasteiger partial charge is 0.454 e. The minimum absolute atomic E-state index is 0.150. The predicted octanol–water partition coefficient (Wildman–Crippen LogP) is 2.44. The Morgan fingerprint density at radius 1 is 1.25 bits per heavy atom. The van der Waals surface area contributed by atoms with E-state index < -0.39 is 17.5 Å². The smallest absolute Gasteiger partial charge is 0.392 e. The van der Waals surface area contributed by atoms with E-state index in [2.05, 4.69) is 0 Å². The zero-order valence-corrected chi connectivity index (χ0v) is 8.16. The molecule has 1 rings (SSSR count). The fraction of sp³-hybridized carbons (Fsp3) is 0.182. The predicted molar refractivity (Wildman–Crippen MR) is 52.9 cm³/mol. The molecule has 1 aromatic carbocycles. The Balaban J connectivity index is 2.87. The van der Waals surface area contributed by atoms with E-state index in [1.807, 2.05) is 0 Å². The van der Waals surface area contributed by atoms with Gasteiger partial charge in [0.2, 0.25) is 0 Å². The lowest BCUT2D eigenvalue weighted by Crippen LogP contribution is -2.22. The molecule has 5 heteroatoms. The first-order valence-electron chi connectivity index (χ1n) is 4.44. The van der Waals surface area contributed by atoms with Crippen LogP contribution in [0.2, 0.25) is 0 Å². The van der Waals surface area contributed by atoms with Crippen LogP contribution in [0.4, 0.5) is 13.2 Å². The van der Waals surface area contributed by atoms with Gasteiger partial charge in [-0.25, -0.2) is 0 Å². The second-order valence-corrected chi connectivity index (χ2v) is 3.03. The average molecular weight is 230 g/mol. The zero-order chi connectivity index (χ0) is 12.2. The summed E-state index contributed by atoms with van der Waals surface area (Å²) < 4.78 is 36.1. The van der Waals surface area contributed by atoms with Crippen molar-refractivity contribution >= 4 is 11.9 Å². The van der Waals surface area contributed by atoms with Crippen molar-refractivity contribution < 1.29 is 23.1 Å². The molecule has 0 fully saturated rings. The van der Waals surface area contributed by atoms with E-state index in [4.69, 9.17) is 5.11 Å². The maximum Gasteiger partial charge on any atom is 0.454 e. The number of halogens is 3. The molecule has 0 bridgehead atoms. The Bertz CT molecular complexity index is 391. The molecule has 2 nitrogen and oxygen atoms in total. The van der Waals surface area contributed by atoms with Gasteiger partial charge in [-0.2, -0.15) is 13.2 Å². The SMILES string of the molecule is O=C(c1ccc(C=CCO)cc1)C(F)(F)F. The van der Waals surface area contributed by atoms with Gasteiger partial charge in [0.25, 0.3) is 5.78 Å². The standard InChI is InChI=1S/C11H9F3O2/c12-11(13,14)10(16)9-5-3-8(4-6-9)2-1-7-15/h1-6,15H,7H2. The van der Waals surface area contributed by atoms with Crippen molar-refractivity contribution in [3.63, 3.8) is 0 Å². The zero-order valence-electron chi connectivity index (χ0n) is 8.16. The fourth-order valence-corrected chi connectivity index (χ4v) is 1.10. The van der Waals surface area contributed by atoms with Crippen LogP contribution < -0.4 is 0 Å². The second-order valence-electron chi connectivity index (χ2n) is 3.03. The van der Waals surface area contributed by atoms with Crippen LogP contribution in [-0.4, -0.2) is 23.7 Å². The molecule has 0 aromatic heterocycles. The highest BCUT2D eigenvalue weighted by Crippen LogP contribution is 2.21. The van der Waals surface area contributed by atoms with Crippen LogP contribution in [0.1, 0.15) is 15.9 Å². The van der Waals surface area contributed by atoms with E-state index in [0.717, 1.165) is 12.1 Å². The van der Waals surface area contributed by atoms with E-state index in [1.54, 1.807) is 6.08 Å². The third-order valence-corrected chi connectivity index (χ3v) is 1.85. The third kappa shape index (κ3) is 3.20. The molecule has 86 valence electrons. The third-order valence-electron chi connectivity index (χ3n) is 1.85. The van der Waals surface area contributed by atoms with Gasteiger partial charge in [-0.05, 0) is 5.56 Å². The van der Waals surface area contributed by atoms with Gasteiger partial charge in [0, 0.05) is 5.56 Å². The van der Waals surface area contributed by atoms with E-state index in [0.29, 0.717) is 5.56 Å². The van der Waals surface area contributed by atoms with Crippen molar-refractivity contribution in [1.29, 1.82) is 0 Å². The number of Topliss-reactive ketones (excluding diaryl/α,β-unsaturated/α-hetero) is 1. The first-order valence-corrected chi connectivity index (χ1v) is 4.44. The highest BCUT2D eigenvalue weighted by molar-refractivity contribution is 6.00. The second kappa shape index (κ2) is 4.94. The highest BCUT2D eigenvalue weighted by Gasteiger charge is 2.38. The van der Waals surface area contributed by atoms with E-state index >= 15 is 0 Å². The average Bonchev–Trinajstić information content (AvgIpc) is 2.25. The Morgan fingerprint density at radius 2 is 1.81 bits per heavy atom. The number of aliphatic hydroxyl groups excluding tert-OH is 1. The monoisotopic (exact) mass is 230 g/mol. The van der Waals surface area contributed by atoms with Crippen LogP contribution in [0.5, 0.6) is 0 Å². The summed E-state index contributed by atoms with van der Waals surface area (Å²) in [6.45, 7) is -0.150. The summed E-state index contributed by atoms with van der Waals surface area (Å²) in [5.74, 6) is -1.86. The van der Waals surface area contributed by atoms with Crippen molar-refractivity contribution in [3.8, 4) is 0 Å². The fourth-order valence-electron chi connectivity index (χ4n) is 1.10. The number of hydrogen-bond acceptors (Lipinski definition) is 2. The minimum Gasteiger partial charge on any atom is -0.392 e. The normalized spacial score (nSPS) is 12.0. The maximum atomic E-state index is 12.0.